The van der Waals surface area contributed by atoms with Gasteiger partial charge in [-0.15, -0.1) is 0 Å². The Balaban J connectivity index is 1.49. The fourth-order valence-electron chi connectivity index (χ4n) is 2.96. The van der Waals surface area contributed by atoms with Crippen LogP contribution in [0.4, 0.5) is 20.7 Å². The number of amides is 2. The largest absolute Gasteiger partial charge is 0.324 e. The lowest BCUT2D eigenvalue weighted by atomic mass is 10.1. The molecule has 0 radical (unpaired) electrons. The molecule has 0 aliphatic carbocycles. The minimum absolute atomic E-state index is 0.262. The van der Waals surface area contributed by atoms with Gasteiger partial charge in [-0.2, -0.15) is 5.10 Å². The smallest absolute Gasteiger partial charge is 0.307 e. The van der Waals surface area contributed by atoms with Crippen molar-refractivity contribution >= 4 is 44.2 Å². The van der Waals surface area contributed by atoms with E-state index in [1.54, 1.807) is 29.1 Å². The molecule has 2 N–H and O–H groups in total. The molecule has 0 bridgehead atoms. The van der Waals surface area contributed by atoms with Crippen molar-refractivity contribution in [1.82, 2.24) is 9.78 Å². The summed E-state index contributed by atoms with van der Waals surface area (Å²) < 4.78 is 16.0. The molecule has 0 fully saturated rings. The summed E-state index contributed by atoms with van der Waals surface area (Å²) in [6.45, 7) is 0.262. The Bertz CT molecular complexity index is 1150. The van der Waals surface area contributed by atoms with Gasteiger partial charge in [-0.25, -0.2) is 9.18 Å². The highest BCUT2D eigenvalue weighted by molar-refractivity contribution is 9.10. The van der Waals surface area contributed by atoms with Crippen molar-refractivity contribution in [3.63, 3.8) is 0 Å². The first-order chi connectivity index (χ1) is 13.6. The van der Waals surface area contributed by atoms with Crippen LogP contribution in [0.3, 0.4) is 0 Å². The number of rotatable bonds is 4. The Morgan fingerprint density at radius 1 is 1.00 bits per heavy atom. The molecule has 2 amide bonds. The maximum absolute atomic E-state index is 13.8. The number of fused-ring (bicyclic) bond motifs is 1. The van der Waals surface area contributed by atoms with Crippen LogP contribution in [0.25, 0.3) is 10.8 Å². The molecular weight excluding hydrogens is 423 g/mol. The van der Waals surface area contributed by atoms with Crippen molar-refractivity contribution in [3.05, 3.63) is 88.8 Å². The van der Waals surface area contributed by atoms with E-state index in [-0.39, 0.29) is 12.4 Å². The van der Waals surface area contributed by atoms with Gasteiger partial charge in [-0.1, -0.05) is 54.6 Å². The van der Waals surface area contributed by atoms with Crippen molar-refractivity contribution < 1.29 is 9.18 Å². The number of halogens is 2. The van der Waals surface area contributed by atoms with Crippen LogP contribution in [-0.2, 0) is 6.54 Å². The van der Waals surface area contributed by atoms with Gasteiger partial charge in [0, 0.05) is 17.1 Å². The number of urea groups is 1. The topological polar surface area (TPSA) is 59.0 Å². The SMILES string of the molecule is O=C(Nc1nn(Cc2ccccc2F)cc1Br)Nc1cccc2ccccc12. The van der Waals surface area contributed by atoms with Crippen LogP contribution in [-0.4, -0.2) is 15.8 Å². The molecular formula is C21H16BrFN4O. The lowest BCUT2D eigenvalue weighted by molar-refractivity contribution is 0.262. The second kappa shape index (κ2) is 7.82. The molecule has 3 aromatic carbocycles. The molecule has 7 heteroatoms. The molecule has 4 rings (SSSR count). The van der Waals surface area contributed by atoms with Crippen molar-refractivity contribution in [2.75, 3.05) is 10.6 Å². The first-order valence-corrected chi connectivity index (χ1v) is 9.41. The Morgan fingerprint density at radius 2 is 1.75 bits per heavy atom. The molecule has 0 atom stereocenters. The fourth-order valence-corrected chi connectivity index (χ4v) is 3.37. The molecule has 28 heavy (non-hydrogen) atoms. The molecule has 0 aliphatic rings. The Labute approximate surface area is 169 Å². The summed E-state index contributed by atoms with van der Waals surface area (Å²) in [6.07, 6.45) is 1.69. The number of carbonyl (C=O) groups excluding carboxylic acids is 1. The minimum Gasteiger partial charge on any atom is -0.307 e. The highest BCUT2D eigenvalue weighted by Gasteiger charge is 2.12. The average molecular weight is 439 g/mol. The Kier molecular flexibility index (Phi) is 5.08. The van der Waals surface area contributed by atoms with Gasteiger partial charge in [0.1, 0.15) is 5.82 Å². The van der Waals surface area contributed by atoms with Crippen LogP contribution in [0.15, 0.2) is 77.4 Å². The molecule has 140 valence electrons. The van der Waals surface area contributed by atoms with Gasteiger partial charge in [-0.3, -0.25) is 10.00 Å². The van der Waals surface area contributed by atoms with Gasteiger partial charge >= 0.3 is 6.03 Å². The number of anilines is 2. The van der Waals surface area contributed by atoms with Crippen LogP contribution in [0.2, 0.25) is 0 Å². The predicted molar refractivity (Wildman–Crippen MR) is 112 cm³/mol. The number of hydrogen-bond acceptors (Lipinski definition) is 2. The third-order valence-corrected chi connectivity index (χ3v) is 4.86. The van der Waals surface area contributed by atoms with E-state index in [1.165, 1.54) is 6.07 Å². The quantitative estimate of drug-likeness (QED) is 0.433. The standard InChI is InChI=1S/C21H16BrFN4O/c22-17-13-27(12-15-7-2-4-10-18(15)23)26-20(17)25-21(28)24-19-11-5-8-14-6-1-3-9-16(14)19/h1-11,13H,12H2,(H2,24,25,26,28). The Hall–Kier alpha value is -3.19. The molecule has 0 spiro atoms. The summed E-state index contributed by atoms with van der Waals surface area (Å²) in [6, 6.07) is 19.6. The van der Waals surface area contributed by atoms with Gasteiger partial charge in [-0.05, 0) is 33.4 Å². The summed E-state index contributed by atoms with van der Waals surface area (Å²) in [4.78, 5) is 12.4. The van der Waals surface area contributed by atoms with Crippen LogP contribution >= 0.6 is 15.9 Å². The van der Waals surface area contributed by atoms with E-state index in [1.807, 2.05) is 42.5 Å². The normalized spacial score (nSPS) is 10.8. The number of nitrogens with zero attached hydrogens (tertiary/aromatic N) is 2. The molecule has 0 saturated heterocycles. The van der Waals surface area contributed by atoms with E-state index in [9.17, 15) is 9.18 Å². The summed E-state index contributed by atoms with van der Waals surface area (Å²) >= 11 is 3.38. The molecule has 1 heterocycles. The van der Waals surface area contributed by atoms with E-state index >= 15 is 0 Å². The van der Waals surface area contributed by atoms with Gasteiger partial charge in [0.2, 0.25) is 0 Å². The van der Waals surface area contributed by atoms with Crippen molar-refractivity contribution in [3.8, 4) is 0 Å². The van der Waals surface area contributed by atoms with Gasteiger partial charge < -0.3 is 5.32 Å². The molecule has 5 nitrogen and oxygen atoms in total. The summed E-state index contributed by atoms with van der Waals surface area (Å²) in [5.41, 5.74) is 1.22. The third kappa shape index (κ3) is 3.89. The van der Waals surface area contributed by atoms with E-state index in [0.29, 0.717) is 21.5 Å². The van der Waals surface area contributed by atoms with E-state index in [4.69, 9.17) is 0 Å². The maximum Gasteiger partial charge on any atom is 0.324 e. The van der Waals surface area contributed by atoms with Crippen molar-refractivity contribution in [2.45, 2.75) is 6.54 Å². The number of aromatic nitrogens is 2. The van der Waals surface area contributed by atoms with E-state index < -0.39 is 6.03 Å². The predicted octanol–water partition coefficient (Wildman–Crippen LogP) is 5.63. The fraction of sp³-hybridized carbons (Fsp3) is 0.0476. The zero-order valence-electron chi connectivity index (χ0n) is 14.7. The van der Waals surface area contributed by atoms with Crippen LogP contribution in [0.5, 0.6) is 0 Å². The second-order valence-corrected chi connectivity index (χ2v) is 7.07. The first kappa shape index (κ1) is 18.2. The van der Waals surface area contributed by atoms with Crippen LogP contribution in [0.1, 0.15) is 5.56 Å². The number of benzene rings is 3. The average Bonchev–Trinajstić information content (AvgIpc) is 3.03. The Morgan fingerprint density at radius 3 is 2.61 bits per heavy atom. The summed E-state index contributed by atoms with van der Waals surface area (Å²) in [5, 5.41) is 11.9. The summed E-state index contributed by atoms with van der Waals surface area (Å²) in [7, 11) is 0. The maximum atomic E-state index is 13.8. The van der Waals surface area contributed by atoms with Crippen LogP contribution < -0.4 is 10.6 Å². The van der Waals surface area contributed by atoms with Gasteiger partial charge in [0.25, 0.3) is 0 Å². The number of nitrogens with one attached hydrogen (secondary N) is 2. The van der Waals surface area contributed by atoms with E-state index in [2.05, 4.69) is 31.7 Å². The monoisotopic (exact) mass is 438 g/mol. The first-order valence-electron chi connectivity index (χ1n) is 8.62. The van der Waals surface area contributed by atoms with Gasteiger partial charge in [0.05, 0.1) is 16.7 Å². The zero-order chi connectivity index (χ0) is 19.5. The van der Waals surface area contributed by atoms with Crippen molar-refractivity contribution in [2.24, 2.45) is 0 Å². The second-order valence-electron chi connectivity index (χ2n) is 6.22. The minimum atomic E-state index is -0.409. The van der Waals surface area contributed by atoms with Crippen LogP contribution in [0, 0.1) is 5.82 Å². The van der Waals surface area contributed by atoms with Crippen molar-refractivity contribution in [1.29, 1.82) is 0 Å². The third-order valence-electron chi connectivity index (χ3n) is 4.28. The number of carbonyl (C=O) groups is 1. The molecule has 0 aliphatic heterocycles. The number of hydrogen-bond donors (Lipinski definition) is 2. The molecule has 0 saturated carbocycles. The molecule has 0 unspecified atom stereocenters. The molecule has 4 aromatic rings. The zero-order valence-corrected chi connectivity index (χ0v) is 16.3. The highest BCUT2D eigenvalue weighted by atomic mass is 79.9. The molecule has 1 aromatic heterocycles. The summed E-state index contributed by atoms with van der Waals surface area (Å²) in [5.74, 6) is 0.0615. The highest BCUT2D eigenvalue weighted by Crippen LogP contribution is 2.24. The lowest BCUT2D eigenvalue weighted by Gasteiger charge is -2.09. The lowest BCUT2D eigenvalue weighted by Crippen LogP contribution is -2.20. The van der Waals surface area contributed by atoms with Gasteiger partial charge in [0.15, 0.2) is 5.82 Å². The van der Waals surface area contributed by atoms with E-state index in [0.717, 1.165) is 10.8 Å².